The lowest BCUT2D eigenvalue weighted by Crippen LogP contribution is -1.50. The highest BCUT2D eigenvalue weighted by atomic mass is 127. The van der Waals surface area contributed by atoms with Crippen LogP contribution in [0.1, 0.15) is 12.8 Å². The van der Waals surface area contributed by atoms with Gasteiger partial charge in [0.05, 0.1) is 0 Å². The average Bonchev–Trinajstić information content (AvgIpc) is 2.21. The van der Waals surface area contributed by atoms with Crippen LogP contribution in [0.4, 0.5) is 0 Å². The molecule has 0 aromatic carbocycles. The first-order chi connectivity index (χ1) is 2.93. The van der Waals surface area contributed by atoms with Gasteiger partial charge in [0.1, 0.15) is 0 Å². The molecule has 0 radical (unpaired) electrons. The molecule has 2 heteroatoms. The first kappa shape index (κ1) is 4.68. The summed E-state index contributed by atoms with van der Waals surface area (Å²) in [5.41, 5.74) is 0. The first-order valence-corrected chi connectivity index (χ1v) is 4.36. The Morgan fingerprint density at radius 1 is 1.67 bits per heavy atom. The van der Waals surface area contributed by atoms with Gasteiger partial charge in [0, 0.05) is 11.0 Å². The molecule has 36 valence electrons. The molecule has 0 aromatic heterocycles. The van der Waals surface area contributed by atoms with E-state index in [0.29, 0.717) is 21.0 Å². The van der Waals surface area contributed by atoms with Crippen LogP contribution >= 0.6 is 21.0 Å². The van der Waals surface area contributed by atoms with E-state index in [4.69, 9.17) is 0 Å². The Balaban J connectivity index is 2.15. The third-order valence-electron chi connectivity index (χ3n) is 0.742. The van der Waals surface area contributed by atoms with Crippen LogP contribution in [0.2, 0.25) is 0 Å². The van der Waals surface area contributed by atoms with Crippen molar-refractivity contribution >= 4 is 21.0 Å². The zero-order chi connectivity index (χ0) is 4.41. The molecule has 0 unspecified atom stereocenters. The van der Waals surface area contributed by atoms with Crippen LogP contribution in [0.5, 0.6) is 0 Å². The highest BCUT2D eigenvalue weighted by molar-refractivity contribution is 14.2. The molecule has 0 amide bonds. The number of nitrogens with zero attached hydrogens (tertiary/aromatic N) is 1. The highest BCUT2D eigenvalue weighted by Crippen LogP contribution is 2.34. The minimum atomic E-state index is 0.304. The molecule has 0 saturated heterocycles. The lowest BCUT2D eigenvalue weighted by Gasteiger charge is -1.68. The first-order valence-electron chi connectivity index (χ1n) is 2.15. The Kier molecular flexibility index (Phi) is 1.56. The normalized spacial score (nSPS) is 24.2. The maximum absolute atomic E-state index is 4.11. The maximum atomic E-state index is 4.11. The van der Waals surface area contributed by atoms with Gasteiger partial charge in [0.25, 0.3) is 0 Å². The van der Waals surface area contributed by atoms with E-state index in [-0.39, 0.29) is 0 Å². The Hall–Kier alpha value is 0.530. The number of halogens is 1. The summed E-state index contributed by atoms with van der Waals surface area (Å²) in [4.78, 5) is 0. The van der Waals surface area contributed by atoms with E-state index in [2.05, 4.69) is 3.15 Å². The Morgan fingerprint density at radius 2 is 2.33 bits per heavy atom. The second-order valence-corrected chi connectivity index (χ2v) is 4.72. The summed E-state index contributed by atoms with van der Waals surface area (Å²) in [5, 5.41) is 0. The molecule has 1 aliphatic rings. The molecule has 0 bridgehead atoms. The van der Waals surface area contributed by atoms with Gasteiger partial charge in [0.15, 0.2) is 0 Å². The van der Waals surface area contributed by atoms with Crippen LogP contribution in [-0.4, -0.2) is 11.0 Å². The molecule has 0 heterocycles. The van der Waals surface area contributed by atoms with Gasteiger partial charge in [-0.25, -0.2) is 0 Å². The maximum Gasteiger partial charge on any atom is 0.0332 e. The van der Waals surface area contributed by atoms with Crippen LogP contribution in [0.15, 0.2) is 3.15 Å². The zero-order valence-corrected chi connectivity index (χ0v) is 5.97. The number of rotatable bonds is 1. The van der Waals surface area contributed by atoms with Gasteiger partial charge in [-0.3, -0.25) is 3.15 Å². The van der Waals surface area contributed by atoms with Crippen molar-refractivity contribution in [3.05, 3.63) is 0 Å². The van der Waals surface area contributed by atoms with Crippen molar-refractivity contribution < 1.29 is 0 Å². The topological polar surface area (TPSA) is 12.4 Å². The second-order valence-electron chi connectivity index (χ2n) is 1.44. The van der Waals surface area contributed by atoms with Gasteiger partial charge in [0.2, 0.25) is 0 Å². The SMILES string of the molecule is CN=IC1CC1. The van der Waals surface area contributed by atoms with E-state index in [0.717, 1.165) is 3.92 Å². The second kappa shape index (κ2) is 2.00. The zero-order valence-electron chi connectivity index (χ0n) is 3.82. The third kappa shape index (κ3) is 1.32. The van der Waals surface area contributed by atoms with Crippen molar-refractivity contribution in [1.29, 1.82) is 0 Å². The van der Waals surface area contributed by atoms with Gasteiger partial charge in [-0.15, -0.1) is 0 Å². The lowest BCUT2D eigenvalue weighted by atomic mass is 11.0. The van der Waals surface area contributed by atoms with Gasteiger partial charge >= 0.3 is 0 Å². The van der Waals surface area contributed by atoms with Gasteiger partial charge in [-0.05, 0) is 33.9 Å². The molecule has 1 fully saturated rings. The molecule has 0 atom stereocenters. The van der Waals surface area contributed by atoms with Crippen LogP contribution in [0.25, 0.3) is 0 Å². The van der Waals surface area contributed by atoms with E-state index in [1.54, 1.807) is 0 Å². The van der Waals surface area contributed by atoms with Crippen LogP contribution < -0.4 is 0 Å². The lowest BCUT2D eigenvalue weighted by molar-refractivity contribution is 1.50. The quantitative estimate of drug-likeness (QED) is 0.449. The van der Waals surface area contributed by atoms with Crippen molar-refractivity contribution in [3.63, 3.8) is 0 Å². The van der Waals surface area contributed by atoms with Gasteiger partial charge in [-0.1, -0.05) is 0 Å². The van der Waals surface area contributed by atoms with Gasteiger partial charge < -0.3 is 0 Å². The average molecular weight is 197 g/mol. The summed E-state index contributed by atoms with van der Waals surface area (Å²) in [6.07, 6.45) is 2.95. The third-order valence-corrected chi connectivity index (χ3v) is 3.33. The number of alkyl halides is 1. The molecule has 0 aliphatic heterocycles. The monoisotopic (exact) mass is 197 g/mol. The molecule has 0 N–H and O–H groups in total. The predicted molar refractivity (Wildman–Crippen MR) is 35.4 cm³/mol. The highest BCUT2D eigenvalue weighted by Gasteiger charge is 2.18. The standard InChI is InChI=1S/C4H8IN/c1-6-5-4-2-3-4/h4H,2-3H2,1H3. The summed E-state index contributed by atoms with van der Waals surface area (Å²) >= 11 is 0.304. The molecule has 1 nitrogen and oxygen atoms in total. The Bertz CT molecular complexity index is 65.9. The molecule has 1 aliphatic carbocycles. The fraction of sp³-hybridized carbons (Fsp3) is 1.00. The van der Waals surface area contributed by atoms with Crippen LogP contribution in [0, 0.1) is 0 Å². The van der Waals surface area contributed by atoms with Crippen molar-refractivity contribution in [2.45, 2.75) is 16.8 Å². The molecule has 0 spiro atoms. The van der Waals surface area contributed by atoms with E-state index in [1.807, 2.05) is 7.05 Å². The number of hydrogen-bond acceptors (Lipinski definition) is 1. The molecule has 1 saturated carbocycles. The summed E-state index contributed by atoms with van der Waals surface area (Å²) in [5.74, 6) is 0. The molecule has 0 aromatic rings. The van der Waals surface area contributed by atoms with Crippen LogP contribution in [0.3, 0.4) is 0 Å². The summed E-state index contributed by atoms with van der Waals surface area (Å²) in [7, 11) is 1.94. The van der Waals surface area contributed by atoms with Crippen LogP contribution in [-0.2, 0) is 0 Å². The molecule has 6 heavy (non-hydrogen) atoms. The largest absolute Gasteiger partial charge is 0.266 e. The minimum absolute atomic E-state index is 0.304. The molecule has 1 rings (SSSR count). The molecular weight excluding hydrogens is 189 g/mol. The number of hydrogen-bond donors (Lipinski definition) is 0. The predicted octanol–water partition coefficient (Wildman–Crippen LogP) is 1.93. The fourth-order valence-electron chi connectivity index (χ4n) is 0.299. The van der Waals surface area contributed by atoms with E-state index in [9.17, 15) is 0 Å². The van der Waals surface area contributed by atoms with Crippen molar-refractivity contribution in [2.24, 2.45) is 3.15 Å². The van der Waals surface area contributed by atoms with Crippen molar-refractivity contribution in [3.8, 4) is 0 Å². The fourth-order valence-corrected chi connectivity index (χ4v) is 2.00. The summed E-state index contributed by atoms with van der Waals surface area (Å²) in [6, 6.07) is 0. The Labute approximate surface area is 48.3 Å². The van der Waals surface area contributed by atoms with Gasteiger partial charge in [-0.2, -0.15) is 0 Å². The van der Waals surface area contributed by atoms with E-state index in [1.165, 1.54) is 12.8 Å². The smallest absolute Gasteiger partial charge is 0.0332 e. The minimum Gasteiger partial charge on any atom is -0.266 e. The summed E-state index contributed by atoms with van der Waals surface area (Å²) < 4.78 is 5.20. The Morgan fingerprint density at radius 3 is 2.50 bits per heavy atom. The van der Waals surface area contributed by atoms with Crippen molar-refractivity contribution in [2.75, 3.05) is 7.05 Å². The van der Waals surface area contributed by atoms with E-state index >= 15 is 0 Å². The summed E-state index contributed by atoms with van der Waals surface area (Å²) in [6.45, 7) is 0. The molecular formula is C4H8IN. The van der Waals surface area contributed by atoms with E-state index < -0.39 is 0 Å². The van der Waals surface area contributed by atoms with Crippen molar-refractivity contribution in [1.82, 2.24) is 0 Å².